The Morgan fingerprint density at radius 1 is 0.833 bits per heavy atom. The van der Waals surface area contributed by atoms with E-state index in [1.807, 2.05) is 39.8 Å². The van der Waals surface area contributed by atoms with Gasteiger partial charge in [-0.2, -0.15) is 16.8 Å². The van der Waals surface area contributed by atoms with Crippen molar-refractivity contribution in [3.8, 4) is 0 Å². The maximum Gasteiger partial charge on any atom is 0.294 e. The fourth-order valence-corrected chi connectivity index (χ4v) is 7.07. The molecule has 2 aliphatic heterocycles. The molecule has 0 radical (unpaired) electrons. The predicted molar refractivity (Wildman–Crippen MR) is 166 cm³/mol. The number of fused-ring (bicyclic) bond motifs is 2. The number of allylic oxidation sites excluding steroid dienone is 8. The third-order valence-corrected chi connectivity index (χ3v) is 10.1. The van der Waals surface area contributed by atoms with Crippen molar-refractivity contribution in [3.05, 3.63) is 94.7 Å². The van der Waals surface area contributed by atoms with Crippen LogP contribution < -0.4 is 5.32 Å². The second-order valence-electron chi connectivity index (χ2n) is 13.1. The molecule has 0 spiro atoms. The van der Waals surface area contributed by atoms with E-state index in [9.17, 15) is 25.9 Å². The van der Waals surface area contributed by atoms with Crippen molar-refractivity contribution in [1.29, 1.82) is 0 Å². The van der Waals surface area contributed by atoms with Crippen molar-refractivity contribution < 1.29 is 25.9 Å². The summed E-state index contributed by atoms with van der Waals surface area (Å²) >= 11 is 0. The highest BCUT2D eigenvalue weighted by molar-refractivity contribution is 7.86. The molecule has 3 aliphatic rings. The van der Waals surface area contributed by atoms with Crippen molar-refractivity contribution in [2.45, 2.75) is 75.0 Å². The van der Waals surface area contributed by atoms with E-state index >= 15 is 0 Å². The van der Waals surface area contributed by atoms with E-state index in [1.54, 1.807) is 12.1 Å². The van der Waals surface area contributed by atoms with Crippen LogP contribution in [0.1, 0.15) is 65.5 Å². The van der Waals surface area contributed by atoms with Crippen molar-refractivity contribution >= 4 is 37.3 Å². The highest BCUT2D eigenvalue weighted by atomic mass is 32.2. The first-order chi connectivity index (χ1) is 19.3. The van der Waals surface area contributed by atoms with Gasteiger partial charge in [0.1, 0.15) is 0 Å². The zero-order valence-electron chi connectivity index (χ0n) is 24.6. The molecule has 5 rings (SSSR count). The van der Waals surface area contributed by atoms with Crippen LogP contribution in [0.3, 0.4) is 0 Å². The molecule has 0 atom stereocenters. The van der Waals surface area contributed by atoms with Crippen LogP contribution in [0.5, 0.6) is 0 Å². The van der Waals surface area contributed by atoms with Crippen LogP contribution in [0.4, 0.5) is 11.4 Å². The molecule has 0 amide bonds. The Labute approximate surface area is 248 Å². The summed E-state index contributed by atoms with van der Waals surface area (Å²) in [7, 11) is -8.61. The number of nitrogens with one attached hydrogen (secondary N) is 1. The Balaban J connectivity index is 1.42. The van der Waals surface area contributed by atoms with Crippen molar-refractivity contribution in [2.24, 2.45) is 10.4 Å². The molecule has 42 heavy (non-hydrogen) atoms. The minimum Gasteiger partial charge on any atom is -0.358 e. The summed E-state index contributed by atoms with van der Waals surface area (Å²) in [5.74, 6) is 0. The topological polar surface area (TPSA) is 133 Å². The van der Waals surface area contributed by atoms with Crippen LogP contribution >= 0.6 is 0 Å². The van der Waals surface area contributed by atoms with Gasteiger partial charge in [-0.05, 0) is 89.1 Å². The van der Waals surface area contributed by atoms with Crippen LogP contribution in [-0.2, 0) is 31.1 Å². The lowest BCUT2D eigenvalue weighted by Gasteiger charge is -2.31. The first-order valence-electron chi connectivity index (χ1n) is 13.7. The number of aliphatic imine (C=N–C) groups is 1. The maximum absolute atomic E-state index is 11.7. The molecule has 222 valence electrons. The molecule has 2 aromatic carbocycles. The van der Waals surface area contributed by atoms with Crippen LogP contribution in [0.25, 0.3) is 0 Å². The highest BCUT2D eigenvalue weighted by Gasteiger charge is 2.37. The predicted octanol–water partition coefficient (Wildman–Crippen LogP) is 7.06. The molecule has 1 aliphatic carbocycles. The standard InChI is InChI=1S/C32H36N2O6S2/c1-30(2)18-20(8-7-9-28-31(3,4)24-16-22(41(35,36)37)10-12-26(24)33-28)14-21(19-30)15-29-32(5,6)25-17-23(42(38,39)40)11-13-27(25)34-29/h7-17,34H,18-19H2,1-6H3,(H,35,36,37)(H,38,39,40). The SMILES string of the molecule is CC1(C)CC(=CC=CC2=Nc3ccc(S(=O)(=O)O)cc3C2(C)C)C=C(C=C2Nc3ccc(S(=O)(=O)O)cc3C2(C)C)C1. The van der Waals surface area contributed by atoms with E-state index in [0.29, 0.717) is 5.69 Å². The molecule has 10 heteroatoms. The summed E-state index contributed by atoms with van der Waals surface area (Å²) in [6, 6.07) is 9.08. The monoisotopic (exact) mass is 608 g/mol. The number of hydrogen-bond donors (Lipinski definition) is 3. The summed E-state index contributed by atoms with van der Waals surface area (Å²) in [6.45, 7) is 12.5. The fourth-order valence-electron chi connectivity index (χ4n) is 6.06. The Morgan fingerprint density at radius 2 is 1.45 bits per heavy atom. The molecular weight excluding hydrogens is 572 g/mol. The number of hydrogen-bond acceptors (Lipinski definition) is 6. The number of anilines is 1. The Hall–Kier alpha value is -3.31. The molecule has 0 fully saturated rings. The minimum atomic E-state index is -4.31. The molecule has 8 nitrogen and oxygen atoms in total. The molecule has 3 N–H and O–H groups in total. The zero-order valence-corrected chi connectivity index (χ0v) is 26.2. The molecule has 0 saturated heterocycles. The maximum atomic E-state index is 11.7. The average Bonchev–Trinajstić information content (AvgIpc) is 3.25. The van der Waals surface area contributed by atoms with Crippen molar-refractivity contribution in [1.82, 2.24) is 0 Å². The van der Waals surface area contributed by atoms with Gasteiger partial charge in [-0.3, -0.25) is 14.1 Å². The lowest BCUT2D eigenvalue weighted by molar-refractivity contribution is 0.354. The smallest absolute Gasteiger partial charge is 0.294 e. The number of benzene rings is 2. The van der Waals surface area contributed by atoms with Gasteiger partial charge in [0.05, 0.1) is 21.2 Å². The lowest BCUT2D eigenvalue weighted by atomic mass is 9.74. The van der Waals surface area contributed by atoms with Gasteiger partial charge in [-0.15, -0.1) is 0 Å². The lowest BCUT2D eigenvalue weighted by Crippen LogP contribution is -2.24. The van der Waals surface area contributed by atoms with Crippen LogP contribution in [0.15, 0.2) is 98.4 Å². The second-order valence-corrected chi connectivity index (χ2v) is 15.9. The van der Waals surface area contributed by atoms with E-state index in [2.05, 4.69) is 37.4 Å². The van der Waals surface area contributed by atoms with Gasteiger partial charge < -0.3 is 5.32 Å². The summed E-state index contributed by atoms with van der Waals surface area (Å²) in [4.78, 5) is 4.45. The Morgan fingerprint density at radius 3 is 2.10 bits per heavy atom. The van der Waals surface area contributed by atoms with E-state index in [-0.39, 0.29) is 15.2 Å². The van der Waals surface area contributed by atoms with Gasteiger partial charge >= 0.3 is 0 Å². The normalized spacial score (nSPS) is 22.6. The van der Waals surface area contributed by atoms with Crippen molar-refractivity contribution in [2.75, 3.05) is 5.32 Å². The quantitative estimate of drug-likeness (QED) is 0.310. The zero-order chi connectivity index (χ0) is 30.9. The molecule has 2 aromatic rings. The second kappa shape index (κ2) is 9.87. The molecule has 0 saturated carbocycles. The summed E-state index contributed by atoms with van der Waals surface area (Å²) in [5, 5.41) is 3.45. The Kier molecular flexibility index (Phi) is 7.09. The first-order valence-corrected chi connectivity index (χ1v) is 16.6. The van der Waals surface area contributed by atoms with E-state index in [4.69, 9.17) is 4.99 Å². The van der Waals surface area contributed by atoms with Crippen LogP contribution in [0.2, 0.25) is 0 Å². The highest BCUT2D eigenvalue weighted by Crippen LogP contribution is 2.46. The van der Waals surface area contributed by atoms with Crippen LogP contribution in [0, 0.1) is 5.41 Å². The molecular formula is C32H36N2O6S2. The molecule has 0 unspecified atom stereocenters. The van der Waals surface area contributed by atoms with Gasteiger partial charge in [0.25, 0.3) is 20.2 Å². The third-order valence-electron chi connectivity index (χ3n) is 8.36. The third kappa shape index (κ3) is 5.68. The van der Waals surface area contributed by atoms with Gasteiger partial charge in [0.15, 0.2) is 0 Å². The van der Waals surface area contributed by atoms with Gasteiger partial charge in [0, 0.05) is 22.2 Å². The van der Waals surface area contributed by atoms with Gasteiger partial charge in [-0.1, -0.05) is 59.8 Å². The molecule has 2 heterocycles. The van der Waals surface area contributed by atoms with Crippen molar-refractivity contribution in [3.63, 3.8) is 0 Å². The van der Waals surface area contributed by atoms with Gasteiger partial charge in [0.2, 0.25) is 0 Å². The minimum absolute atomic E-state index is 0.0150. The first kappa shape index (κ1) is 30.2. The summed E-state index contributed by atoms with van der Waals surface area (Å²) in [5.41, 5.74) is 6.09. The van der Waals surface area contributed by atoms with Gasteiger partial charge in [-0.25, -0.2) is 0 Å². The fraction of sp³-hybridized carbons (Fsp3) is 0.344. The van der Waals surface area contributed by atoms with E-state index in [0.717, 1.165) is 52.2 Å². The van der Waals surface area contributed by atoms with E-state index < -0.39 is 31.1 Å². The molecule has 0 bridgehead atoms. The molecule has 0 aromatic heterocycles. The number of nitrogens with zero attached hydrogens (tertiary/aromatic N) is 1. The van der Waals surface area contributed by atoms with E-state index in [1.165, 1.54) is 24.3 Å². The summed E-state index contributed by atoms with van der Waals surface area (Å²) in [6.07, 6.45) is 12.1. The Bertz CT molecular complexity index is 1870. The largest absolute Gasteiger partial charge is 0.358 e. The summed E-state index contributed by atoms with van der Waals surface area (Å²) < 4.78 is 65.8. The number of rotatable bonds is 5. The van der Waals surface area contributed by atoms with Crippen LogP contribution in [-0.4, -0.2) is 31.7 Å². The average molecular weight is 609 g/mol.